The summed E-state index contributed by atoms with van der Waals surface area (Å²) in [6.07, 6.45) is 4.80. The summed E-state index contributed by atoms with van der Waals surface area (Å²) in [5, 5.41) is 0.699. The van der Waals surface area contributed by atoms with Gasteiger partial charge in [0.25, 0.3) is 0 Å². The molecule has 0 bridgehead atoms. The highest BCUT2D eigenvalue weighted by Crippen LogP contribution is 2.30. The Bertz CT molecular complexity index is 350. The SMILES string of the molecule is NCCc1ccc(OCC2CCC2)c(Cl)c1. The van der Waals surface area contributed by atoms with Gasteiger partial charge in [0.05, 0.1) is 11.6 Å². The fourth-order valence-corrected chi connectivity index (χ4v) is 2.11. The Morgan fingerprint density at radius 3 is 2.75 bits per heavy atom. The van der Waals surface area contributed by atoms with E-state index < -0.39 is 0 Å². The van der Waals surface area contributed by atoms with Gasteiger partial charge in [0.2, 0.25) is 0 Å². The molecule has 1 aliphatic carbocycles. The van der Waals surface area contributed by atoms with Crippen LogP contribution in [0.25, 0.3) is 0 Å². The summed E-state index contributed by atoms with van der Waals surface area (Å²) in [4.78, 5) is 0. The van der Waals surface area contributed by atoms with Gasteiger partial charge >= 0.3 is 0 Å². The van der Waals surface area contributed by atoms with Crippen molar-refractivity contribution >= 4 is 11.6 Å². The van der Waals surface area contributed by atoms with Gasteiger partial charge in [0.15, 0.2) is 0 Å². The minimum Gasteiger partial charge on any atom is -0.492 e. The third-order valence-corrected chi connectivity index (χ3v) is 3.42. The fourth-order valence-electron chi connectivity index (χ4n) is 1.85. The summed E-state index contributed by atoms with van der Waals surface area (Å²) in [5.41, 5.74) is 6.67. The van der Waals surface area contributed by atoms with Crippen molar-refractivity contribution in [3.63, 3.8) is 0 Å². The average molecular weight is 240 g/mol. The van der Waals surface area contributed by atoms with E-state index in [2.05, 4.69) is 0 Å². The molecule has 0 amide bonds. The quantitative estimate of drug-likeness (QED) is 0.857. The van der Waals surface area contributed by atoms with Crippen molar-refractivity contribution in [1.82, 2.24) is 0 Å². The Labute approximate surface area is 102 Å². The smallest absolute Gasteiger partial charge is 0.137 e. The standard InChI is InChI=1S/C13H18ClNO/c14-12-8-10(6-7-15)4-5-13(12)16-9-11-2-1-3-11/h4-5,8,11H,1-3,6-7,9,15H2. The van der Waals surface area contributed by atoms with E-state index in [-0.39, 0.29) is 0 Å². The molecule has 0 aliphatic heterocycles. The monoisotopic (exact) mass is 239 g/mol. The van der Waals surface area contributed by atoms with Crippen molar-refractivity contribution in [3.05, 3.63) is 28.8 Å². The first-order chi connectivity index (χ1) is 7.79. The second-order valence-corrected chi connectivity index (χ2v) is 4.82. The lowest BCUT2D eigenvalue weighted by Gasteiger charge is -2.25. The Kier molecular flexibility index (Phi) is 4.08. The highest BCUT2D eigenvalue weighted by Gasteiger charge is 2.18. The van der Waals surface area contributed by atoms with Crippen molar-refractivity contribution < 1.29 is 4.74 Å². The summed E-state index contributed by atoms with van der Waals surface area (Å²) in [5.74, 6) is 1.54. The molecule has 0 heterocycles. The van der Waals surface area contributed by atoms with Crippen molar-refractivity contribution in [3.8, 4) is 5.75 Å². The first-order valence-electron chi connectivity index (χ1n) is 5.91. The molecule has 1 aliphatic rings. The van der Waals surface area contributed by atoms with Gasteiger partial charge in [-0.1, -0.05) is 24.1 Å². The molecule has 0 atom stereocenters. The summed E-state index contributed by atoms with van der Waals surface area (Å²) in [6, 6.07) is 5.94. The molecule has 1 aromatic carbocycles. The molecular formula is C13H18ClNO. The van der Waals surface area contributed by atoms with Gasteiger partial charge in [-0.15, -0.1) is 0 Å². The van der Waals surface area contributed by atoms with Crippen LogP contribution in [0.1, 0.15) is 24.8 Å². The molecule has 88 valence electrons. The molecule has 1 saturated carbocycles. The van der Waals surface area contributed by atoms with Crippen LogP contribution < -0.4 is 10.5 Å². The maximum absolute atomic E-state index is 6.14. The van der Waals surface area contributed by atoms with Crippen molar-refractivity contribution in [1.29, 1.82) is 0 Å². The Morgan fingerprint density at radius 2 is 2.19 bits per heavy atom. The number of benzene rings is 1. The normalized spacial score (nSPS) is 15.9. The van der Waals surface area contributed by atoms with Crippen LogP contribution in [0, 0.1) is 5.92 Å². The predicted molar refractivity (Wildman–Crippen MR) is 67.0 cm³/mol. The highest BCUT2D eigenvalue weighted by atomic mass is 35.5. The van der Waals surface area contributed by atoms with Crippen LogP contribution in [0.5, 0.6) is 5.75 Å². The van der Waals surface area contributed by atoms with Crippen LogP contribution in [-0.2, 0) is 6.42 Å². The van der Waals surface area contributed by atoms with Crippen LogP contribution in [0.2, 0.25) is 5.02 Å². The maximum atomic E-state index is 6.14. The van der Waals surface area contributed by atoms with Gasteiger partial charge in [-0.3, -0.25) is 0 Å². The van der Waals surface area contributed by atoms with Crippen LogP contribution in [0.15, 0.2) is 18.2 Å². The highest BCUT2D eigenvalue weighted by molar-refractivity contribution is 6.32. The predicted octanol–water partition coefficient (Wildman–Crippen LogP) is 3.02. The third-order valence-electron chi connectivity index (χ3n) is 3.13. The van der Waals surface area contributed by atoms with Crippen LogP contribution >= 0.6 is 11.6 Å². The molecule has 1 fully saturated rings. The van der Waals surface area contributed by atoms with E-state index in [0.717, 1.165) is 24.7 Å². The molecule has 0 saturated heterocycles. The Hall–Kier alpha value is -0.730. The van der Waals surface area contributed by atoms with Crippen LogP contribution in [0.3, 0.4) is 0 Å². The Balaban J connectivity index is 1.92. The lowest BCUT2D eigenvalue weighted by molar-refractivity contribution is 0.180. The van der Waals surface area contributed by atoms with Crippen LogP contribution in [-0.4, -0.2) is 13.2 Å². The molecule has 0 spiro atoms. The first-order valence-corrected chi connectivity index (χ1v) is 6.28. The van der Waals surface area contributed by atoms with E-state index in [0.29, 0.717) is 11.6 Å². The second kappa shape index (κ2) is 5.55. The molecule has 2 nitrogen and oxygen atoms in total. The summed E-state index contributed by atoms with van der Waals surface area (Å²) in [6.45, 7) is 1.45. The number of ether oxygens (including phenoxy) is 1. The van der Waals surface area contributed by atoms with E-state index in [4.69, 9.17) is 22.1 Å². The summed E-state index contributed by atoms with van der Waals surface area (Å²) >= 11 is 6.14. The number of hydrogen-bond donors (Lipinski definition) is 1. The maximum Gasteiger partial charge on any atom is 0.137 e. The molecule has 3 heteroatoms. The van der Waals surface area contributed by atoms with E-state index in [9.17, 15) is 0 Å². The topological polar surface area (TPSA) is 35.2 Å². The van der Waals surface area contributed by atoms with Gasteiger partial charge < -0.3 is 10.5 Å². The fraction of sp³-hybridized carbons (Fsp3) is 0.538. The van der Waals surface area contributed by atoms with Gasteiger partial charge in [-0.2, -0.15) is 0 Å². The van der Waals surface area contributed by atoms with Crippen molar-refractivity contribution in [2.75, 3.05) is 13.2 Å². The first kappa shape index (κ1) is 11.7. The van der Waals surface area contributed by atoms with Gasteiger partial charge in [0.1, 0.15) is 5.75 Å². The molecule has 2 N–H and O–H groups in total. The Morgan fingerprint density at radius 1 is 1.38 bits per heavy atom. The third kappa shape index (κ3) is 2.89. The number of rotatable bonds is 5. The molecular weight excluding hydrogens is 222 g/mol. The number of hydrogen-bond acceptors (Lipinski definition) is 2. The summed E-state index contributed by atoms with van der Waals surface area (Å²) in [7, 11) is 0. The minimum absolute atomic E-state index is 0.651. The number of halogens is 1. The van der Waals surface area contributed by atoms with Crippen LogP contribution in [0.4, 0.5) is 0 Å². The van der Waals surface area contributed by atoms with Crippen molar-refractivity contribution in [2.24, 2.45) is 11.7 Å². The lowest BCUT2D eigenvalue weighted by atomic mass is 9.86. The number of nitrogens with two attached hydrogens (primary N) is 1. The summed E-state index contributed by atoms with van der Waals surface area (Å²) < 4.78 is 5.71. The van der Waals surface area contributed by atoms with E-state index in [1.807, 2.05) is 18.2 Å². The zero-order valence-corrected chi connectivity index (χ0v) is 10.2. The largest absolute Gasteiger partial charge is 0.492 e. The second-order valence-electron chi connectivity index (χ2n) is 4.41. The van der Waals surface area contributed by atoms with E-state index in [1.54, 1.807) is 0 Å². The molecule has 0 radical (unpaired) electrons. The average Bonchev–Trinajstić information content (AvgIpc) is 2.19. The molecule has 16 heavy (non-hydrogen) atoms. The molecule has 1 aromatic rings. The van der Waals surface area contributed by atoms with E-state index in [1.165, 1.54) is 24.8 Å². The molecule has 0 unspecified atom stereocenters. The zero-order chi connectivity index (χ0) is 11.4. The van der Waals surface area contributed by atoms with Gasteiger partial charge in [-0.05, 0) is 49.4 Å². The lowest BCUT2D eigenvalue weighted by Crippen LogP contribution is -2.19. The minimum atomic E-state index is 0.651. The molecule has 0 aromatic heterocycles. The molecule has 2 rings (SSSR count). The van der Waals surface area contributed by atoms with Crippen molar-refractivity contribution in [2.45, 2.75) is 25.7 Å². The van der Waals surface area contributed by atoms with Gasteiger partial charge in [0, 0.05) is 0 Å². The zero-order valence-electron chi connectivity index (χ0n) is 9.42. The van der Waals surface area contributed by atoms with E-state index >= 15 is 0 Å². The van der Waals surface area contributed by atoms with Gasteiger partial charge in [-0.25, -0.2) is 0 Å².